The van der Waals surface area contributed by atoms with Gasteiger partial charge in [0.25, 0.3) is 5.91 Å². The van der Waals surface area contributed by atoms with Crippen LogP contribution in [0.4, 0.5) is 0 Å². The Balaban J connectivity index is 1.66. The monoisotopic (exact) mass is 409 g/mol. The molecule has 1 amide bonds. The molecule has 0 saturated carbocycles. The number of amides is 1. The van der Waals surface area contributed by atoms with Crippen LogP contribution in [0, 0.1) is 0 Å². The van der Waals surface area contributed by atoms with Crippen LogP contribution in [-0.2, 0) is 6.54 Å². The molecule has 0 atom stereocenters. The van der Waals surface area contributed by atoms with Gasteiger partial charge >= 0.3 is 0 Å². The van der Waals surface area contributed by atoms with Crippen LogP contribution in [0.15, 0.2) is 48.7 Å². The van der Waals surface area contributed by atoms with E-state index in [4.69, 9.17) is 14.2 Å². The molecule has 1 aromatic heterocycles. The van der Waals surface area contributed by atoms with E-state index < -0.39 is 0 Å². The molecule has 0 radical (unpaired) electrons. The summed E-state index contributed by atoms with van der Waals surface area (Å²) < 4.78 is 16.2. The van der Waals surface area contributed by atoms with Crippen molar-refractivity contribution < 1.29 is 19.0 Å². The second-order valence-corrected chi connectivity index (χ2v) is 6.76. The number of hydrogen-bond donors (Lipinski definition) is 2. The Labute approximate surface area is 176 Å². The number of rotatable bonds is 10. The standard InChI is InChI=1S/C23H27N3O4/c1-4-5-12-30-18-9-7-17(8-10-18)22-19(15-25-26-22)23(27)24-14-16-6-11-20(28-2)21(13-16)29-3/h6-11,13,15H,4-5,12,14H2,1-3H3,(H,24,27)(H,25,26). The number of H-pyrrole nitrogens is 1. The Bertz CT molecular complexity index is 967. The third kappa shape index (κ3) is 5.11. The molecule has 158 valence electrons. The average Bonchev–Trinajstić information content (AvgIpc) is 3.28. The number of carbonyl (C=O) groups is 1. The summed E-state index contributed by atoms with van der Waals surface area (Å²) in [5.41, 5.74) is 2.92. The van der Waals surface area contributed by atoms with Crippen LogP contribution in [0.5, 0.6) is 17.2 Å². The molecule has 2 N–H and O–H groups in total. The molecule has 2 aromatic carbocycles. The van der Waals surface area contributed by atoms with Crippen molar-refractivity contribution in [2.45, 2.75) is 26.3 Å². The topological polar surface area (TPSA) is 85.5 Å². The number of hydrogen-bond acceptors (Lipinski definition) is 5. The fourth-order valence-corrected chi connectivity index (χ4v) is 3.00. The summed E-state index contributed by atoms with van der Waals surface area (Å²) >= 11 is 0. The van der Waals surface area contributed by atoms with Gasteiger partial charge in [-0.15, -0.1) is 0 Å². The zero-order valence-electron chi connectivity index (χ0n) is 17.5. The molecular weight excluding hydrogens is 382 g/mol. The fourth-order valence-electron chi connectivity index (χ4n) is 3.00. The number of carbonyl (C=O) groups excluding carboxylic acids is 1. The van der Waals surface area contributed by atoms with Gasteiger partial charge in [-0.25, -0.2) is 0 Å². The van der Waals surface area contributed by atoms with Crippen molar-refractivity contribution in [2.24, 2.45) is 0 Å². The van der Waals surface area contributed by atoms with Gasteiger partial charge in [-0.3, -0.25) is 9.89 Å². The third-order valence-electron chi connectivity index (χ3n) is 4.69. The summed E-state index contributed by atoms with van der Waals surface area (Å²) in [5, 5.41) is 9.90. The predicted molar refractivity (Wildman–Crippen MR) is 115 cm³/mol. The summed E-state index contributed by atoms with van der Waals surface area (Å²) in [4.78, 5) is 12.7. The molecular formula is C23H27N3O4. The maximum absolute atomic E-state index is 12.7. The molecule has 0 aliphatic carbocycles. The van der Waals surface area contributed by atoms with E-state index in [9.17, 15) is 4.79 Å². The van der Waals surface area contributed by atoms with Crippen molar-refractivity contribution in [3.63, 3.8) is 0 Å². The first kappa shape index (κ1) is 21.2. The number of nitrogens with zero attached hydrogens (tertiary/aromatic N) is 1. The van der Waals surface area contributed by atoms with E-state index in [-0.39, 0.29) is 5.91 Å². The molecule has 0 aliphatic rings. The highest BCUT2D eigenvalue weighted by Gasteiger charge is 2.15. The Morgan fingerprint density at radius 2 is 1.83 bits per heavy atom. The van der Waals surface area contributed by atoms with E-state index >= 15 is 0 Å². The quantitative estimate of drug-likeness (QED) is 0.490. The van der Waals surface area contributed by atoms with E-state index in [0.29, 0.717) is 35.9 Å². The normalized spacial score (nSPS) is 10.5. The van der Waals surface area contributed by atoms with Crippen LogP contribution in [-0.4, -0.2) is 36.9 Å². The number of unbranched alkanes of at least 4 members (excludes halogenated alkanes) is 1. The maximum Gasteiger partial charge on any atom is 0.255 e. The summed E-state index contributed by atoms with van der Waals surface area (Å²) in [7, 11) is 3.17. The maximum atomic E-state index is 12.7. The Kier molecular flexibility index (Phi) is 7.32. The van der Waals surface area contributed by atoms with Crippen LogP contribution in [0.25, 0.3) is 11.3 Å². The zero-order valence-corrected chi connectivity index (χ0v) is 17.5. The first-order chi connectivity index (χ1) is 14.7. The van der Waals surface area contributed by atoms with Crippen LogP contribution in [0.3, 0.4) is 0 Å². The highest BCUT2D eigenvalue weighted by molar-refractivity contribution is 5.99. The van der Waals surface area contributed by atoms with Gasteiger partial charge in [0, 0.05) is 12.1 Å². The first-order valence-corrected chi connectivity index (χ1v) is 9.92. The minimum absolute atomic E-state index is 0.211. The van der Waals surface area contributed by atoms with Gasteiger partial charge in [-0.05, 0) is 48.4 Å². The summed E-state index contributed by atoms with van der Waals surface area (Å²) in [5.74, 6) is 1.87. The molecule has 0 spiro atoms. The van der Waals surface area contributed by atoms with Crippen molar-refractivity contribution >= 4 is 5.91 Å². The van der Waals surface area contributed by atoms with E-state index in [0.717, 1.165) is 29.7 Å². The molecule has 30 heavy (non-hydrogen) atoms. The number of methoxy groups -OCH3 is 2. The van der Waals surface area contributed by atoms with Gasteiger partial charge < -0.3 is 19.5 Å². The van der Waals surface area contributed by atoms with Crippen LogP contribution >= 0.6 is 0 Å². The SMILES string of the molecule is CCCCOc1ccc(-c2[nH]ncc2C(=O)NCc2ccc(OC)c(OC)c2)cc1. The average molecular weight is 409 g/mol. The molecule has 7 nitrogen and oxygen atoms in total. The second kappa shape index (κ2) is 10.3. The molecule has 3 aromatic rings. The van der Waals surface area contributed by atoms with Crippen molar-refractivity contribution in [3.8, 4) is 28.5 Å². The lowest BCUT2D eigenvalue weighted by atomic mass is 10.1. The predicted octanol–water partition coefficient (Wildman–Crippen LogP) is 4.20. The molecule has 0 fully saturated rings. The summed E-state index contributed by atoms with van der Waals surface area (Å²) in [6.07, 6.45) is 3.64. The van der Waals surface area contributed by atoms with E-state index in [2.05, 4.69) is 22.4 Å². The lowest BCUT2D eigenvalue weighted by Gasteiger charge is -2.11. The Hall–Kier alpha value is -3.48. The Morgan fingerprint density at radius 1 is 1.07 bits per heavy atom. The molecule has 7 heteroatoms. The second-order valence-electron chi connectivity index (χ2n) is 6.76. The molecule has 1 heterocycles. The molecule has 0 saturated heterocycles. The van der Waals surface area contributed by atoms with Gasteiger partial charge in [0.05, 0.1) is 38.3 Å². The molecule has 0 unspecified atom stereocenters. The van der Waals surface area contributed by atoms with Crippen LogP contribution in [0.1, 0.15) is 35.7 Å². The fraction of sp³-hybridized carbons (Fsp3) is 0.304. The summed E-state index contributed by atoms with van der Waals surface area (Å²) in [6, 6.07) is 13.2. The highest BCUT2D eigenvalue weighted by atomic mass is 16.5. The lowest BCUT2D eigenvalue weighted by Crippen LogP contribution is -2.23. The van der Waals surface area contributed by atoms with Crippen molar-refractivity contribution in [1.82, 2.24) is 15.5 Å². The summed E-state index contributed by atoms with van der Waals surface area (Å²) in [6.45, 7) is 3.18. The van der Waals surface area contributed by atoms with E-state index in [1.807, 2.05) is 42.5 Å². The lowest BCUT2D eigenvalue weighted by molar-refractivity contribution is 0.0951. The van der Waals surface area contributed by atoms with Gasteiger partial charge in [0.2, 0.25) is 0 Å². The minimum atomic E-state index is -0.211. The molecule has 0 bridgehead atoms. The smallest absolute Gasteiger partial charge is 0.255 e. The van der Waals surface area contributed by atoms with Crippen LogP contribution < -0.4 is 19.5 Å². The number of ether oxygens (including phenoxy) is 3. The van der Waals surface area contributed by atoms with Crippen molar-refractivity contribution in [1.29, 1.82) is 0 Å². The minimum Gasteiger partial charge on any atom is -0.494 e. The zero-order chi connectivity index (χ0) is 21.3. The van der Waals surface area contributed by atoms with Gasteiger partial charge in [-0.2, -0.15) is 5.10 Å². The number of aromatic nitrogens is 2. The van der Waals surface area contributed by atoms with E-state index in [1.54, 1.807) is 14.2 Å². The van der Waals surface area contributed by atoms with Crippen LogP contribution in [0.2, 0.25) is 0 Å². The number of nitrogens with one attached hydrogen (secondary N) is 2. The van der Waals surface area contributed by atoms with Gasteiger partial charge in [0.15, 0.2) is 11.5 Å². The van der Waals surface area contributed by atoms with Crippen molar-refractivity contribution in [3.05, 3.63) is 59.8 Å². The molecule has 3 rings (SSSR count). The van der Waals surface area contributed by atoms with Gasteiger partial charge in [-0.1, -0.05) is 19.4 Å². The third-order valence-corrected chi connectivity index (χ3v) is 4.69. The number of benzene rings is 2. The molecule has 0 aliphatic heterocycles. The van der Waals surface area contributed by atoms with Crippen molar-refractivity contribution in [2.75, 3.05) is 20.8 Å². The number of aromatic amines is 1. The Morgan fingerprint density at radius 3 is 2.53 bits per heavy atom. The van der Waals surface area contributed by atoms with E-state index in [1.165, 1.54) is 6.20 Å². The first-order valence-electron chi connectivity index (χ1n) is 9.92. The van der Waals surface area contributed by atoms with Gasteiger partial charge in [0.1, 0.15) is 5.75 Å². The highest BCUT2D eigenvalue weighted by Crippen LogP contribution is 2.28. The largest absolute Gasteiger partial charge is 0.494 e.